The second-order valence-electron chi connectivity index (χ2n) is 4.27. The van der Waals surface area contributed by atoms with E-state index in [1.54, 1.807) is 12.1 Å². The molecule has 0 spiro atoms. The third kappa shape index (κ3) is 3.47. The van der Waals surface area contributed by atoms with Crippen molar-refractivity contribution < 1.29 is 9.90 Å². The number of benzene rings is 2. The zero-order valence-corrected chi connectivity index (χ0v) is 12.6. The minimum absolute atomic E-state index is 0.00250. The largest absolute Gasteiger partial charge is 0.507 e. The van der Waals surface area contributed by atoms with Crippen LogP contribution in [0.3, 0.4) is 0 Å². The molecule has 3 nitrogen and oxygen atoms in total. The van der Waals surface area contributed by atoms with E-state index in [0.29, 0.717) is 12.1 Å². The van der Waals surface area contributed by atoms with Crippen LogP contribution in [0.25, 0.3) is 0 Å². The van der Waals surface area contributed by atoms with Crippen LogP contribution >= 0.6 is 22.6 Å². The topological polar surface area (TPSA) is 49.3 Å². The Balaban J connectivity index is 2.10. The molecule has 0 unspecified atom stereocenters. The van der Waals surface area contributed by atoms with Gasteiger partial charge in [-0.25, -0.2) is 0 Å². The summed E-state index contributed by atoms with van der Waals surface area (Å²) in [4.78, 5) is 12.0. The molecule has 0 aliphatic heterocycles. The smallest absolute Gasteiger partial charge is 0.255 e. The van der Waals surface area contributed by atoms with Crippen molar-refractivity contribution in [3.63, 3.8) is 0 Å². The average molecular weight is 367 g/mol. The predicted molar refractivity (Wildman–Crippen MR) is 83.2 cm³/mol. The van der Waals surface area contributed by atoms with Crippen molar-refractivity contribution in [3.05, 3.63) is 62.7 Å². The molecule has 0 saturated heterocycles. The van der Waals surface area contributed by atoms with Gasteiger partial charge < -0.3 is 10.4 Å². The van der Waals surface area contributed by atoms with Gasteiger partial charge in [0.25, 0.3) is 5.91 Å². The van der Waals surface area contributed by atoms with Crippen molar-refractivity contribution in [2.75, 3.05) is 0 Å². The molecule has 0 aromatic heterocycles. The van der Waals surface area contributed by atoms with Crippen LogP contribution in [-0.4, -0.2) is 11.0 Å². The summed E-state index contributed by atoms with van der Waals surface area (Å²) in [7, 11) is 0. The number of nitrogens with one attached hydrogen (secondary N) is 1. The molecule has 0 radical (unpaired) electrons. The van der Waals surface area contributed by atoms with Crippen LogP contribution in [0.1, 0.15) is 21.5 Å². The molecule has 1 amide bonds. The highest BCUT2D eigenvalue weighted by Gasteiger charge is 2.11. The number of aromatic hydroxyl groups is 1. The number of halogens is 1. The number of phenols is 1. The Kier molecular flexibility index (Phi) is 4.42. The van der Waals surface area contributed by atoms with Crippen molar-refractivity contribution in [2.45, 2.75) is 13.5 Å². The Morgan fingerprint density at radius 1 is 1.26 bits per heavy atom. The molecule has 2 N–H and O–H groups in total. The fourth-order valence-electron chi connectivity index (χ4n) is 1.77. The van der Waals surface area contributed by atoms with Crippen molar-refractivity contribution in [2.24, 2.45) is 0 Å². The van der Waals surface area contributed by atoms with Gasteiger partial charge in [0.15, 0.2) is 0 Å². The van der Waals surface area contributed by atoms with Gasteiger partial charge in [0.05, 0.1) is 5.56 Å². The first kappa shape index (κ1) is 13.9. The van der Waals surface area contributed by atoms with Gasteiger partial charge in [0.2, 0.25) is 0 Å². The molecular weight excluding hydrogens is 353 g/mol. The molecule has 2 aromatic rings. The summed E-state index contributed by atoms with van der Waals surface area (Å²) in [5, 5.41) is 12.5. The second kappa shape index (κ2) is 6.06. The molecule has 19 heavy (non-hydrogen) atoms. The number of aryl methyl sites for hydroxylation is 1. The van der Waals surface area contributed by atoms with E-state index in [-0.39, 0.29) is 11.7 Å². The number of rotatable bonds is 3. The first-order valence-electron chi connectivity index (χ1n) is 5.89. The normalized spacial score (nSPS) is 10.2. The molecule has 0 bridgehead atoms. The van der Waals surface area contributed by atoms with Crippen molar-refractivity contribution in [1.29, 1.82) is 0 Å². The summed E-state index contributed by atoms with van der Waals surface area (Å²) in [6, 6.07) is 12.8. The van der Waals surface area contributed by atoms with E-state index in [1.807, 2.05) is 31.2 Å². The van der Waals surface area contributed by atoms with E-state index < -0.39 is 0 Å². The van der Waals surface area contributed by atoms with Gasteiger partial charge in [0, 0.05) is 10.1 Å². The summed E-state index contributed by atoms with van der Waals surface area (Å²) in [5.41, 5.74) is 2.51. The summed E-state index contributed by atoms with van der Waals surface area (Å²) < 4.78 is 0.913. The molecule has 2 aromatic carbocycles. The minimum atomic E-state index is -0.265. The van der Waals surface area contributed by atoms with E-state index >= 15 is 0 Å². The number of hydrogen-bond acceptors (Lipinski definition) is 2. The summed E-state index contributed by atoms with van der Waals surface area (Å²) in [6.45, 7) is 2.46. The molecule has 0 heterocycles. The lowest BCUT2D eigenvalue weighted by atomic mass is 10.1. The molecular formula is C15H14INO2. The van der Waals surface area contributed by atoms with Crippen LogP contribution < -0.4 is 5.32 Å². The van der Waals surface area contributed by atoms with Crippen LogP contribution in [0.2, 0.25) is 0 Å². The zero-order chi connectivity index (χ0) is 13.8. The zero-order valence-electron chi connectivity index (χ0n) is 10.5. The minimum Gasteiger partial charge on any atom is -0.507 e. The summed E-state index contributed by atoms with van der Waals surface area (Å²) in [6.07, 6.45) is 0. The third-order valence-electron chi connectivity index (χ3n) is 2.90. The SMILES string of the molecule is Cc1ccccc1CNC(=O)c1cc(I)ccc1O. The van der Waals surface area contributed by atoms with Gasteiger partial charge in [0.1, 0.15) is 5.75 Å². The van der Waals surface area contributed by atoms with E-state index in [9.17, 15) is 9.90 Å². The molecule has 4 heteroatoms. The quantitative estimate of drug-likeness (QED) is 0.819. The van der Waals surface area contributed by atoms with Gasteiger partial charge in [-0.05, 0) is 58.8 Å². The Morgan fingerprint density at radius 2 is 2.00 bits per heavy atom. The molecule has 2 rings (SSSR count). The fraction of sp³-hybridized carbons (Fsp3) is 0.133. The number of hydrogen-bond donors (Lipinski definition) is 2. The van der Waals surface area contributed by atoms with Crippen molar-refractivity contribution in [3.8, 4) is 5.75 Å². The lowest BCUT2D eigenvalue weighted by Gasteiger charge is -2.09. The monoisotopic (exact) mass is 367 g/mol. The average Bonchev–Trinajstić information content (AvgIpc) is 2.40. The van der Waals surface area contributed by atoms with E-state index in [4.69, 9.17) is 0 Å². The van der Waals surface area contributed by atoms with Crippen LogP contribution in [0, 0.1) is 10.5 Å². The number of carbonyl (C=O) groups excluding carboxylic acids is 1. The summed E-state index contributed by atoms with van der Waals surface area (Å²) in [5.74, 6) is -0.262. The number of phenolic OH excluding ortho intramolecular Hbond substituents is 1. The third-order valence-corrected chi connectivity index (χ3v) is 3.57. The number of amides is 1. The Hall–Kier alpha value is -1.56. The lowest BCUT2D eigenvalue weighted by Crippen LogP contribution is -2.23. The second-order valence-corrected chi connectivity index (χ2v) is 5.52. The standard InChI is InChI=1S/C15H14INO2/c1-10-4-2-3-5-11(10)9-17-15(19)13-8-12(16)6-7-14(13)18/h2-8,18H,9H2,1H3,(H,17,19). The number of carbonyl (C=O) groups is 1. The first-order chi connectivity index (χ1) is 9.08. The van der Waals surface area contributed by atoms with E-state index in [0.717, 1.165) is 14.7 Å². The highest BCUT2D eigenvalue weighted by Crippen LogP contribution is 2.19. The van der Waals surface area contributed by atoms with Gasteiger partial charge in [-0.3, -0.25) is 4.79 Å². The predicted octanol–water partition coefficient (Wildman–Crippen LogP) is 3.24. The Bertz CT molecular complexity index is 611. The van der Waals surface area contributed by atoms with Crippen LogP contribution in [0.15, 0.2) is 42.5 Å². The van der Waals surface area contributed by atoms with Gasteiger partial charge in [-0.1, -0.05) is 24.3 Å². The van der Waals surface area contributed by atoms with Crippen LogP contribution in [-0.2, 0) is 6.54 Å². The van der Waals surface area contributed by atoms with Gasteiger partial charge in [-0.15, -0.1) is 0 Å². The Morgan fingerprint density at radius 3 is 2.74 bits per heavy atom. The van der Waals surface area contributed by atoms with E-state index in [1.165, 1.54) is 6.07 Å². The van der Waals surface area contributed by atoms with Crippen molar-refractivity contribution in [1.82, 2.24) is 5.32 Å². The lowest BCUT2D eigenvalue weighted by molar-refractivity contribution is 0.0948. The maximum atomic E-state index is 12.0. The molecule has 0 aliphatic rings. The van der Waals surface area contributed by atoms with Crippen LogP contribution in [0.4, 0.5) is 0 Å². The molecule has 0 saturated carbocycles. The highest BCUT2D eigenvalue weighted by molar-refractivity contribution is 14.1. The Labute approximate surface area is 125 Å². The van der Waals surface area contributed by atoms with Gasteiger partial charge >= 0.3 is 0 Å². The van der Waals surface area contributed by atoms with Gasteiger partial charge in [-0.2, -0.15) is 0 Å². The molecule has 0 aliphatic carbocycles. The highest BCUT2D eigenvalue weighted by atomic mass is 127. The molecule has 98 valence electrons. The molecule has 0 atom stereocenters. The van der Waals surface area contributed by atoms with Crippen LogP contribution in [0.5, 0.6) is 5.75 Å². The summed E-state index contributed by atoms with van der Waals surface area (Å²) >= 11 is 2.11. The maximum absolute atomic E-state index is 12.0. The maximum Gasteiger partial charge on any atom is 0.255 e. The van der Waals surface area contributed by atoms with Crippen molar-refractivity contribution >= 4 is 28.5 Å². The first-order valence-corrected chi connectivity index (χ1v) is 6.97. The fourth-order valence-corrected chi connectivity index (χ4v) is 2.26. The molecule has 0 fully saturated rings. The van der Waals surface area contributed by atoms with E-state index in [2.05, 4.69) is 27.9 Å².